The molecule has 1 aliphatic heterocycles. The second-order valence-electron chi connectivity index (χ2n) is 5.02. The Hall–Kier alpha value is -1.71. The number of benzene rings is 1. The fourth-order valence-corrected chi connectivity index (χ4v) is 2.12. The minimum absolute atomic E-state index is 0.206. The van der Waals surface area contributed by atoms with Gasteiger partial charge in [0.2, 0.25) is 12.2 Å². The minimum atomic E-state index is -1.49. The van der Waals surface area contributed by atoms with Gasteiger partial charge < -0.3 is 35.2 Å². The highest BCUT2D eigenvalue weighted by atomic mass is 16.7. The molecule has 5 atom stereocenters. The summed E-state index contributed by atoms with van der Waals surface area (Å²) in [6.07, 6.45) is -6.64. The van der Waals surface area contributed by atoms with Crippen LogP contribution in [0.25, 0.3) is 0 Å². The van der Waals surface area contributed by atoms with Crippen molar-refractivity contribution in [3.63, 3.8) is 0 Å². The third-order valence-corrected chi connectivity index (χ3v) is 3.28. The van der Waals surface area contributed by atoms with Gasteiger partial charge in [-0.3, -0.25) is 4.79 Å². The average molecular weight is 313 g/mol. The molecule has 1 saturated heterocycles. The van der Waals surface area contributed by atoms with Crippen LogP contribution in [-0.4, -0.2) is 63.6 Å². The molecule has 0 spiro atoms. The summed E-state index contributed by atoms with van der Waals surface area (Å²) in [5.41, 5.74) is 0.577. The Bertz CT molecular complexity index is 504. The molecule has 0 saturated carbocycles. The number of amides is 1. The van der Waals surface area contributed by atoms with Crippen molar-refractivity contribution in [2.75, 3.05) is 11.9 Å². The van der Waals surface area contributed by atoms with E-state index in [1.54, 1.807) is 24.3 Å². The number of aliphatic hydroxyl groups is 4. The Morgan fingerprint density at radius 3 is 2.36 bits per heavy atom. The van der Waals surface area contributed by atoms with Gasteiger partial charge in [0.15, 0.2) is 0 Å². The number of hydrogen-bond acceptors (Lipinski definition) is 7. The predicted molar refractivity (Wildman–Crippen MR) is 75.1 cm³/mol. The number of hydrogen-bond donors (Lipinski definition) is 5. The Kier molecular flexibility index (Phi) is 5.33. The SMILES string of the molecule is CC(=O)Nc1ccc(O[C@H]2O[C@H](CO)[C@@H](O)[C@H](O)[C@H]2O)cc1. The van der Waals surface area contributed by atoms with Gasteiger partial charge in [-0.15, -0.1) is 0 Å². The molecule has 0 unspecified atom stereocenters. The molecule has 5 N–H and O–H groups in total. The number of nitrogens with one attached hydrogen (secondary N) is 1. The quantitative estimate of drug-likeness (QED) is 0.473. The molecule has 1 fully saturated rings. The van der Waals surface area contributed by atoms with Crippen LogP contribution in [0.2, 0.25) is 0 Å². The number of ether oxygens (including phenoxy) is 2. The highest BCUT2D eigenvalue weighted by molar-refractivity contribution is 5.88. The van der Waals surface area contributed by atoms with E-state index in [4.69, 9.17) is 14.6 Å². The maximum Gasteiger partial charge on any atom is 0.229 e. The van der Waals surface area contributed by atoms with Crippen molar-refractivity contribution in [1.82, 2.24) is 0 Å². The monoisotopic (exact) mass is 313 g/mol. The Balaban J connectivity index is 2.04. The van der Waals surface area contributed by atoms with Gasteiger partial charge >= 0.3 is 0 Å². The van der Waals surface area contributed by atoms with Crippen LogP contribution in [0, 0.1) is 0 Å². The molecule has 8 nitrogen and oxygen atoms in total. The smallest absolute Gasteiger partial charge is 0.229 e. The van der Waals surface area contributed by atoms with Crippen molar-refractivity contribution in [2.24, 2.45) is 0 Å². The van der Waals surface area contributed by atoms with Crippen LogP contribution in [-0.2, 0) is 9.53 Å². The number of anilines is 1. The first kappa shape index (κ1) is 16.7. The van der Waals surface area contributed by atoms with E-state index in [0.29, 0.717) is 11.4 Å². The van der Waals surface area contributed by atoms with E-state index in [1.807, 2.05) is 0 Å². The van der Waals surface area contributed by atoms with Crippen molar-refractivity contribution < 1.29 is 34.7 Å². The fourth-order valence-electron chi connectivity index (χ4n) is 2.12. The van der Waals surface area contributed by atoms with Gasteiger partial charge in [-0.1, -0.05) is 0 Å². The maximum absolute atomic E-state index is 10.9. The van der Waals surface area contributed by atoms with E-state index in [9.17, 15) is 20.1 Å². The summed E-state index contributed by atoms with van der Waals surface area (Å²) in [7, 11) is 0. The van der Waals surface area contributed by atoms with E-state index in [1.165, 1.54) is 6.92 Å². The molecule has 1 amide bonds. The molecule has 0 bridgehead atoms. The Morgan fingerprint density at radius 1 is 1.18 bits per heavy atom. The molecule has 0 radical (unpaired) electrons. The first-order valence-electron chi connectivity index (χ1n) is 6.77. The summed E-state index contributed by atoms with van der Waals surface area (Å²) in [5.74, 6) is 0.126. The summed E-state index contributed by atoms with van der Waals surface area (Å²) in [6.45, 7) is 0.866. The number of carbonyl (C=O) groups excluding carboxylic acids is 1. The molecule has 22 heavy (non-hydrogen) atoms. The Morgan fingerprint density at radius 2 is 1.82 bits per heavy atom. The van der Waals surface area contributed by atoms with Gasteiger partial charge in [-0.05, 0) is 24.3 Å². The normalized spacial score (nSPS) is 31.6. The van der Waals surface area contributed by atoms with Crippen LogP contribution in [0.15, 0.2) is 24.3 Å². The highest BCUT2D eigenvalue weighted by Crippen LogP contribution is 2.25. The molecule has 2 rings (SSSR count). The van der Waals surface area contributed by atoms with Gasteiger partial charge in [0.1, 0.15) is 30.2 Å². The second-order valence-corrected chi connectivity index (χ2v) is 5.02. The summed E-state index contributed by atoms with van der Waals surface area (Å²) in [6, 6.07) is 6.29. The standard InChI is InChI=1S/C14H19NO7/c1-7(17)15-8-2-4-9(5-3-8)21-14-13(20)12(19)11(18)10(6-16)22-14/h2-5,10-14,16,18-20H,6H2,1H3,(H,15,17)/t10-,11-,12+,13-,14+/m1/s1. The Labute approximate surface area is 126 Å². The van der Waals surface area contributed by atoms with E-state index in [0.717, 1.165) is 0 Å². The third kappa shape index (κ3) is 3.73. The van der Waals surface area contributed by atoms with Crippen LogP contribution in [0.5, 0.6) is 5.75 Å². The van der Waals surface area contributed by atoms with Crippen molar-refractivity contribution in [2.45, 2.75) is 37.6 Å². The number of aliphatic hydroxyl groups excluding tert-OH is 4. The zero-order valence-corrected chi connectivity index (χ0v) is 11.9. The van der Waals surface area contributed by atoms with Crippen molar-refractivity contribution in [3.8, 4) is 5.75 Å². The summed E-state index contributed by atoms with van der Waals surface area (Å²) in [4.78, 5) is 10.9. The lowest BCUT2D eigenvalue weighted by Gasteiger charge is -2.39. The first-order chi connectivity index (χ1) is 10.4. The molecule has 1 heterocycles. The summed E-state index contributed by atoms with van der Waals surface area (Å²) < 4.78 is 10.6. The van der Waals surface area contributed by atoms with Crippen LogP contribution >= 0.6 is 0 Å². The number of rotatable bonds is 4. The van der Waals surface area contributed by atoms with Gasteiger partial charge in [-0.2, -0.15) is 0 Å². The molecular formula is C14H19NO7. The van der Waals surface area contributed by atoms with Crippen molar-refractivity contribution in [1.29, 1.82) is 0 Å². The van der Waals surface area contributed by atoms with E-state index >= 15 is 0 Å². The molecule has 1 aromatic rings. The third-order valence-electron chi connectivity index (χ3n) is 3.28. The lowest BCUT2D eigenvalue weighted by atomic mass is 9.99. The molecule has 0 aliphatic carbocycles. The molecule has 0 aromatic heterocycles. The van der Waals surface area contributed by atoms with Crippen LogP contribution in [0.1, 0.15) is 6.92 Å². The van der Waals surface area contributed by atoms with Gasteiger partial charge in [0.05, 0.1) is 6.61 Å². The van der Waals surface area contributed by atoms with Crippen LogP contribution < -0.4 is 10.1 Å². The zero-order valence-electron chi connectivity index (χ0n) is 11.9. The summed E-state index contributed by atoms with van der Waals surface area (Å²) >= 11 is 0. The van der Waals surface area contributed by atoms with Gasteiger partial charge in [-0.25, -0.2) is 0 Å². The van der Waals surface area contributed by atoms with Crippen LogP contribution in [0.4, 0.5) is 5.69 Å². The van der Waals surface area contributed by atoms with Crippen molar-refractivity contribution in [3.05, 3.63) is 24.3 Å². The lowest BCUT2D eigenvalue weighted by Crippen LogP contribution is -2.60. The first-order valence-corrected chi connectivity index (χ1v) is 6.77. The maximum atomic E-state index is 10.9. The molecule has 1 aromatic carbocycles. The number of carbonyl (C=O) groups is 1. The van der Waals surface area contributed by atoms with Gasteiger partial charge in [0.25, 0.3) is 0 Å². The average Bonchev–Trinajstić information content (AvgIpc) is 2.49. The molecule has 122 valence electrons. The molecule has 8 heteroatoms. The second kappa shape index (κ2) is 7.03. The van der Waals surface area contributed by atoms with Crippen molar-refractivity contribution >= 4 is 11.6 Å². The minimum Gasteiger partial charge on any atom is -0.462 e. The largest absolute Gasteiger partial charge is 0.462 e. The highest BCUT2D eigenvalue weighted by Gasteiger charge is 2.44. The predicted octanol–water partition coefficient (Wildman–Crippen LogP) is -1.18. The van der Waals surface area contributed by atoms with E-state index < -0.39 is 37.3 Å². The lowest BCUT2D eigenvalue weighted by molar-refractivity contribution is -0.277. The molecular weight excluding hydrogens is 294 g/mol. The summed E-state index contributed by atoms with van der Waals surface area (Å²) in [5, 5.41) is 40.9. The van der Waals surface area contributed by atoms with E-state index in [-0.39, 0.29) is 5.91 Å². The van der Waals surface area contributed by atoms with Crippen LogP contribution in [0.3, 0.4) is 0 Å². The fraction of sp³-hybridized carbons (Fsp3) is 0.500. The van der Waals surface area contributed by atoms with E-state index in [2.05, 4.69) is 5.32 Å². The molecule has 1 aliphatic rings. The topological polar surface area (TPSA) is 128 Å². The zero-order chi connectivity index (χ0) is 16.3. The van der Waals surface area contributed by atoms with Gasteiger partial charge in [0, 0.05) is 12.6 Å².